The van der Waals surface area contributed by atoms with Crippen LogP contribution in [-0.2, 0) is 9.53 Å². The molecule has 0 aromatic heterocycles. The lowest BCUT2D eigenvalue weighted by atomic mass is 9.36. The van der Waals surface area contributed by atoms with Crippen molar-refractivity contribution in [2.75, 3.05) is 13.7 Å². The minimum Gasteiger partial charge on any atom is -0.393 e. The van der Waals surface area contributed by atoms with E-state index in [2.05, 4.69) is 41.5 Å². The molecule has 3 nitrogen and oxygen atoms in total. The Morgan fingerprint density at radius 2 is 1.55 bits per heavy atom. The average Bonchev–Trinajstić information content (AvgIpc) is 2.61. The van der Waals surface area contributed by atoms with Crippen molar-refractivity contribution < 1.29 is 14.6 Å². The standard InChI is InChI=1S/C26H46O3/c1-23(2)13-10-20-25(5)15-12-22(28)24(3,4)19(25)11-14-26(20,6)21(23)17-18(27)9-8-16-29-7/h19-22,28H,8-17H2,1-7H3/t19?,20?,21?,22?,25-,26+/m0/s1. The predicted octanol–water partition coefficient (Wildman–Crippen LogP) is 6.03. The monoisotopic (exact) mass is 406 g/mol. The van der Waals surface area contributed by atoms with Gasteiger partial charge >= 0.3 is 0 Å². The van der Waals surface area contributed by atoms with Gasteiger partial charge in [0.25, 0.3) is 0 Å². The van der Waals surface area contributed by atoms with Crippen molar-refractivity contribution in [2.24, 2.45) is 39.4 Å². The summed E-state index contributed by atoms with van der Waals surface area (Å²) in [4.78, 5) is 12.9. The second-order valence-corrected chi connectivity index (χ2v) is 12.5. The Kier molecular flexibility index (Phi) is 6.36. The minimum absolute atomic E-state index is 0.00718. The van der Waals surface area contributed by atoms with Crippen molar-refractivity contribution in [3.63, 3.8) is 0 Å². The van der Waals surface area contributed by atoms with E-state index in [-0.39, 0.29) is 27.8 Å². The molecule has 0 radical (unpaired) electrons. The van der Waals surface area contributed by atoms with Crippen molar-refractivity contribution in [1.29, 1.82) is 0 Å². The van der Waals surface area contributed by atoms with E-state index in [1.807, 2.05) is 0 Å². The number of rotatable bonds is 6. The van der Waals surface area contributed by atoms with Gasteiger partial charge < -0.3 is 9.84 Å². The topological polar surface area (TPSA) is 46.5 Å². The Bertz CT molecular complexity index is 609. The molecular formula is C26H46O3. The molecule has 3 fully saturated rings. The first-order chi connectivity index (χ1) is 13.4. The summed E-state index contributed by atoms with van der Waals surface area (Å²) in [5.41, 5.74) is 0.716. The third-order valence-corrected chi connectivity index (χ3v) is 10.1. The number of Topliss-reactive ketones (excluding diaryl/α,β-unsaturated/α-hetero) is 1. The first kappa shape index (κ1) is 23.3. The highest BCUT2D eigenvalue weighted by molar-refractivity contribution is 5.78. The third-order valence-electron chi connectivity index (χ3n) is 10.1. The van der Waals surface area contributed by atoms with Crippen LogP contribution in [0.1, 0.15) is 99.3 Å². The van der Waals surface area contributed by atoms with Crippen molar-refractivity contribution in [2.45, 2.75) is 105 Å². The Balaban J connectivity index is 1.88. The van der Waals surface area contributed by atoms with Crippen molar-refractivity contribution in [1.82, 2.24) is 0 Å². The summed E-state index contributed by atoms with van der Waals surface area (Å²) in [5, 5.41) is 10.8. The molecule has 0 bridgehead atoms. The number of ketones is 1. The maximum Gasteiger partial charge on any atom is 0.133 e. The maximum atomic E-state index is 12.9. The van der Waals surface area contributed by atoms with Crippen LogP contribution in [0.25, 0.3) is 0 Å². The van der Waals surface area contributed by atoms with Gasteiger partial charge in [0.1, 0.15) is 5.78 Å². The number of hydrogen-bond acceptors (Lipinski definition) is 3. The SMILES string of the molecule is COCCCC(=O)CC1C(C)(C)CCC2[C@@]1(C)CCC1C(C)(C)C(O)CC[C@@]12C. The second-order valence-electron chi connectivity index (χ2n) is 12.5. The minimum atomic E-state index is -0.178. The summed E-state index contributed by atoms with van der Waals surface area (Å²) in [6.45, 7) is 15.1. The van der Waals surface area contributed by atoms with Crippen LogP contribution in [0.3, 0.4) is 0 Å². The highest BCUT2D eigenvalue weighted by Crippen LogP contribution is 2.71. The van der Waals surface area contributed by atoms with E-state index in [1.54, 1.807) is 7.11 Å². The number of carbonyl (C=O) groups excluding carboxylic acids is 1. The number of aliphatic hydroxyl groups excluding tert-OH is 1. The molecule has 0 spiro atoms. The summed E-state index contributed by atoms with van der Waals surface area (Å²) in [5.74, 6) is 2.12. The van der Waals surface area contributed by atoms with E-state index in [9.17, 15) is 9.90 Å². The van der Waals surface area contributed by atoms with Gasteiger partial charge in [0.05, 0.1) is 6.10 Å². The summed E-state index contributed by atoms with van der Waals surface area (Å²) in [7, 11) is 1.71. The van der Waals surface area contributed by atoms with E-state index >= 15 is 0 Å². The number of hydrogen-bond donors (Lipinski definition) is 1. The molecule has 1 N–H and O–H groups in total. The Hall–Kier alpha value is -0.410. The van der Waals surface area contributed by atoms with E-state index < -0.39 is 0 Å². The molecule has 0 amide bonds. The van der Waals surface area contributed by atoms with Gasteiger partial charge in [-0.3, -0.25) is 4.79 Å². The molecule has 0 aromatic rings. The molecule has 0 aliphatic heterocycles. The van der Waals surface area contributed by atoms with E-state index in [0.29, 0.717) is 36.6 Å². The normalized spacial score (nSPS) is 43.3. The van der Waals surface area contributed by atoms with Crippen LogP contribution in [0.2, 0.25) is 0 Å². The summed E-state index contributed by atoms with van der Waals surface area (Å²) < 4.78 is 5.16. The summed E-state index contributed by atoms with van der Waals surface area (Å²) in [6, 6.07) is 0. The zero-order valence-corrected chi connectivity index (χ0v) is 20.1. The van der Waals surface area contributed by atoms with Crippen molar-refractivity contribution in [3.05, 3.63) is 0 Å². The third kappa shape index (κ3) is 3.84. The molecule has 3 aliphatic rings. The predicted molar refractivity (Wildman–Crippen MR) is 119 cm³/mol. The highest BCUT2D eigenvalue weighted by atomic mass is 16.5. The van der Waals surface area contributed by atoms with E-state index in [4.69, 9.17) is 4.74 Å². The molecule has 0 heterocycles. The molecule has 6 atom stereocenters. The van der Waals surface area contributed by atoms with Crippen LogP contribution < -0.4 is 0 Å². The Labute approximate surface area is 179 Å². The smallest absolute Gasteiger partial charge is 0.133 e. The van der Waals surface area contributed by atoms with Gasteiger partial charge in [-0.2, -0.15) is 0 Å². The van der Waals surface area contributed by atoms with Crippen LogP contribution in [-0.4, -0.2) is 30.7 Å². The molecule has 3 aliphatic carbocycles. The molecule has 0 aromatic carbocycles. The fourth-order valence-corrected chi connectivity index (χ4v) is 8.49. The van der Waals surface area contributed by atoms with Crippen LogP contribution in [0.5, 0.6) is 0 Å². The summed E-state index contributed by atoms with van der Waals surface area (Å²) >= 11 is 0. The van der Waals surface area contributed by atoms with Crippen molar-refractivity contribution in [3.8, 4) is 0 Å². The molecule has 3 heteroatoms. The van der Waals surface area contributed by atoms with Crippen LogP contribution in [0, 0.1) is 39.4 Å². The lowest BCUT2D eigenvalue weighted by Crippen LogP contribution is -2.62. The molecule has 29 heavy (non-hydrogen) atoms. The van der Waals surface area contributed by atoms with Crippen LogP contribution in [0.4, 0.5) is 0 Å². The zero-order chi connectivity index (χ0) is 21.7. The number of ether oxygens (including phenoxy) is 1. The van der Waals surface area contributed by atoms with Crippen molar-refractivity contribution >= 4 is 5.78 Å². The largest absolute Gasteiger partial charge is 0.393 e. The van der Waals surface area contributed by atoms with Gasteiger partial charge in [-0.05, 0) is 84.4 Å². The molecule has 0 saturated heterocycles. The highest BCUT2D eigenvalue weighted by Gasteiger charge is 2.64. The van der Waals surface area contributed by atoms with Gasteiger partial charge in [-0.25, -0.2) is 0 Å². The summed E-state index contributed by atoms with van der Waals surface area (Å²) in [6.07, 6.45) is 9.00. The second kappa shape index (κ2) is 7.93. The Morgan fingerprint density at radius 1 is 0.931 bits per heavy atom. The lowest BCUT2D eigenvalue weighted by molar-refractivity contribution is -0.211. The molecule has 3 saturated carbocycles. The number of fused-ring (bicyclic) bond motifs is 3. The van der Waals surface area contributed by atoms with Gasteiger partial charge in [0, 0.05) is 26.6 Å². The van der Waals surface area contributed by atoms with Gasteiger partial charge in [-0.1, -0.05) is 41.5 Å². The van der Waals surface area contributed by atoms with Crippen LogP contribution >= 0.6 is 0 Å². The Morgan fingerprint density at radius 3 is 2.21 bits per heavy atom. The molecular weight excluding hydrogens is 360 g/mol. The fourth-order valence-electron chi connectivity index (χ4n) is 8.49. The van der Waals surface area contributed by atoms with Gasteiger partial charge in [0.2, 0.25) is 0 Å². The first-order valence-electron chi connectivity index (χ1n) is 12.1. The lowest BCUT2D eigenvalue weighted by Gasteiger charge is -2.68. The molecule has 168 valence electrons. The van der Waals surface area contributed by atoms with E-state index in [0.717, 1.165) is 25.7 Å². The number of carbonyl (C=O) groups is 1. The average molecular weight is 407 g/mol. The molecule has 3 rings (SSSR count). The fraction of sp³-hybridized carbons (Fsp3) is 0.962. The van der Waals surface area contributed by atoms with E-state index in [1.165, 1.54) is 25.7 Å². The number of aliphatic hydroxyl groups is 1. The maximum absolute atomic E-state index is 12.9. The van der Waals surface area contributed by atoms with Gasteiger partial charge in [0.15, 0.2) is 0 Å². The molecule has 4 unspecified atom stereocenters. The zero-order valence-electron chi connectivity index (χ0n) is 20.1. The first-order valence-corrected chi connectivity index (χ1v) is 12.1. The number of methoxy groups -OCH3 is 1. The quantitative estimate of drug-likeness (QED) is 0.548. The van der Waals surface area contributed by atoms with Gasteiger partial charge in [-0.15, -0.1) is 0 Å². The van der Waals surface area contributed by atoms with Crippen LogP contribution in [0.15, 0.2) is 0 Å².